The third-order valence-corrected chi connectivity index (χ3v) is 8.95. The second-order valence-corrected chi connectivity index (χ2v) is 11.4. The van der Waals surface area contributed by atoms with Crippen molar-refractivity contribution in [2.45, 2.75) is 58.4 Å². The monoisotopic (exact) mass is 254 g/mol. The van der Waals surface area contributed by atoms with Gasteiger partial charge in [-0.1, -0.05) is 33.8 Å². The van der Waals surface area contributed by atoms with Gasteiger partial charge in [0, 0.05) is 18.3 Å². The Hall–Kier alpha value is -0.413. The molecule has 98 valence electrons. The number of hydrogen-bond donors (Lipinski definition) is 0. The molecule has 1 fully saturated rings. The van der Waals surface area contributed by atoms with Crippen LogP contribution in [0.25, 0.3) is 0 Å². The molecule has 1 saturated carbocycles. The lowest BCUT2D eigenvalue weighted by Gasteiger charge is -2.39. The highest BCUT2D eigenvalue weighted by Gasteiger charge is 2.45. The van der Waals surface area contributed by atoms with Gasteiger partial charge in [-0.15, -0.1) is 6.58 Å². The molecule has 0 radical (unpaired) electrons. The molecule has 3 atom stereocenters. The number of carbonyl (C=O) groups excluding carboxylic acids is 1. The molecule has 1 aliphatic carbocycles. The van der Waals surface area contributed by atoms with Crippen LogP contribution < -0.4 is 0 Å². The van der Waals surface area contributed by atoms with Gasteiger partial charge in [-0.05, 0) is 18.1 Å². The zero-order valence-corrected chi connectivity index (χ0v) is 13.0. The van der Waals surface area contributed by atoms with Crippen LogP contribution in [-0.2, 0) is 9.22 Å². The van der Waals surface area contributed by atoms with Crippen LogP contribution in [-0.4, -0.2) is 20.2 Å². The van der Waals surface area contributed by atoms with Crippen LogP contribution in [0.1, 0.15) is 34.1 Å². The molecule has 0 N–H and O–H groups in total. The van der Waals surface area contributed by atoms with Gasteiger partial charge in [0.05, 0.1) is 6.10 Å². The SMILES string of the molecule is C=C[C@@H]1[C@@H](O[Si](C)(C)C(C)(C)C)CC(=O)[C@H]1C. The highest BCUT2D eigenvalue weighted by molar-refractivity contribution is 6.74. The Balaban J connectivity index is 2.82. The minimum absolute atomic E-state index is 0.0518. The topological polar surface area (TPSA) is 26.3 Å². The maximum Gasteiger partial charge on any atom is 0.192 e. The molecule has 1 rings (SSSR count). The van der Waals surface area contributed by atoms with Gasteiger partial charge in [-0.3, -0.25) is 4.79 Å². The van der Waals surface area contributed by atoms with Crippen molar-refractivity contribution in [3.8, 4) is 0 Å². The van der Waals surface area contributed by atoms with Gasteiger partial charge in [-0.25, -0.2) is 0 Å². The van der Waals surface area contributed by atoms with E-state index >= 15 is 0 Å². The predicted octanol–water partition coefficient (Wildman–Crippen LogP) is 3.79. The Morgan fingerprint density at radius 2 is 1.94 bits per heavy atom. The molecule has 0 bridgehead atoms. The second-order valence-electron chi connectivity index (χ2n) is 6.69. The molecular formula is C14H26O2Si. The van der Waals surface area contributed by atoms with Crippen molar-refractivity contribution in [1.82, 2.24) is 0 Å². The smallest absolute Gasteiger partial charge is 0.192 e. The van der Waals surface area contributed by atoms with Crippen LogP contribution in [0.15, 0.2) is 12.7 Å². The minimum atomic E-state index is -1.79. The van der Waals surface area contributed by atoms with Crippen LogP contribution in [0.4, 0.5) is 0 Å². The molecule has 1 aliphatic rings. The quantitative estimate of drug-likeness (QED) is 0.566. The highest BCUT2D eigenvalue weighted by atomic mass is 28.4. The van der Waals surface area contributed by atoms with Gasteiger partial charge in [0.1, 0.15) is 5.78 Å². The third-order valence-electron chi connectivity index (χ3n) is 4.44. The van der Waals surface area contributed by atoms with Crippen molar-refractivity contribution in [3.05, 3.63) is 12.7 Å². The van der Waals surface area contributed by atoms with Crippen molar-refractivity contribution in [2.75, 3.05) is 0 Å². The molecule has 0 unspecified atom stereocenters. The molecule has 0 saturated heterocycles. The van der Waals surface area contributed by atoms with Crippen LogP contribution in [0, 0.1) is 11.8 Å². The van der Waals surface area contributed by atoms with Crippen molar-refractivity contribution in [3.63, 3.8) is 0 Å². The summed E-state index contributed by atoms with van der Waals surface area (Å²) in [5, 5.41) is 0.188. The molecule has 0 aromatic heterocycles. The fourth-order valence-corrected chi connectivity index (χ4v) is 3.44. The van der Waals surface area contributed by atoms with Crippen LogP contribution in [0.3, 0.4) is 0 Å². The standard InChI is InChI=1S/C14H26O2Si/c1-8-11-10(2)12(15)9-13(11)16-17(6,7)14(3,4)5/h8,10-11,13H,1,9H2,2-7H3/t10-,11-,13-/m0/s1. The van der Waals surface area contributed by atoms with Crippen molar-refractivity contribution < 1.29 is 9.22 Å². The molecule has 0 heterocycles. The zero-order chi connectivity index (χ0) is 13.4. The average molecular weight is 254 g/mol. The summed E-state index contributed by atoms with van der Waals surface area (Å²) in [5.41, 5.74) is 0. The summed E-state index contributed by atoms with van der Waals surface area (Å²) in [7, 11) is -1.79. The van der Waals surface area contributed by atoms with E-state index in [9.17, 15) is 4.79 Å². The average Bonchev–Trinajstić information content (AvgIpc) is 2.39. The van der Waals surface area contributed by atoms with E-state index in [1.165, 1.54) is 0 Å². The lowest BCUT2D eigenvalue weighted by atomic mass is 9.97. The highest BCUT2D eigenvalue weighted by Crippen LogP contribution is 2.41. The molecule has 0 amide bonds. The molecule has 0 aromatic rings. The van der Waals surface area contributed by atoms with E-state index in [0.717, 1.165) is 0 Å². The molecule has 0 aromatic carbocycles. The fourth-order valence-electron chi connectivity index (χ4n) is 2.09. The number of Topliss-reactive ketones (excluding diaryl/α,β-unsaturated/α-hetero) is 1. The van der Waals surface area contributed by atoms with E-state index in [1.54, 1.807) is 0 Å². The first-order valence-electron chi connectivity index (χ1n) is 6.43. The minimum Gasteiger partial charge on any atom is -0.413 e. The fraction of sp³-hybridized carbons (Fsp3) is 0.786. The van der Waals surface area contributed by atoms with Gasteiger partial charge in [0.15, 0.2) is 8.32 Å². The number of carbonyl (C=O) groups is 1. The van der Waals surface area contributed by atoms with E-state index in [1.807, 2.05) is 13.0 Å². The van der Waals surface area contributed by atoms with Crippen LogP contribution in [0.2, 0.25) is 18.1 Å². The normalized spacial score (nSPS) is 30.7. The summed E-state index contributed by atoms with van der Waals surface area (Å²) in [6.45, 7) is 17.0. The van der Waals surface area contributed by atoms with E-state index in [4.69, 9.17) is 4.43 Å². The lowest BCUT2D eigenvalue weighted by Crippen LogP contribution is -2.44. The predicted molar refractivity (Wildman–Crippen MR) is 74.5 cm³/mol. The Kier molecular flexibility index (Phi) is 4.04. The number of rotatable bonds is 3. The van der Waals surface area contributed by atoms with E-state index in [0.29, 0.717) is 12.2 Å². The maximum absolute atomic E-state index is 11.8. The van der Waals surface area contributed by atoms with E-state index in [-0.39, 0.29) is 23.0 Å². The van der Waals surface area contributed by atoms with Crippen molar-refractivity contribution in [2.24, 2.45) is 11.8 Å². The number of hydrogen-bond acceptors (Lipinski definition) is 2. The van der Waals surface area contributed by atoms with E-state index < -0.39 is 8.32 Å². The third kappa shape index (κ3) is 2.88. The summed E-state index contributed by atoms with van der Waals surface area (Å²) in [5.74, 6) is 0.581. The van der Waals surface area contributed by atoms with Gasteiger partial charge in [-0.2, -0.15) is 0 Å². The Labute approximate surface area is 107 Å². The first-order chi connectivity index (χ1) is 7.60. The molecule has 0 spiro atoms. The Morgan fingerprint density at radius 1 is 1.41 bits per heavy atom. The molecule has 0 aliphatic heterocycles. The summed E-state index contributed by atoms with van der Waals surface area (Å²) in [6.07, 6.45) is 2.51. The largest absolute Gasteiger partial charge is 0.413 e. The zero-order valence-electron chi connectivity index (χ0n) is 12.0. The maximum atomic E-state index is 11.8. The van der Waals surface area contributed by atoms with Gasteiger partial charge < -0.3 is 4.43 Å². The summed E-state index contributed by atoms with van der Waals surface area (Å²) in [6, 6.07) is 0. The number of ketones is 1. The second kappa shape index (κ2) is 4.69. The lowest BCUT2D eigenvalue weighted by molar-refractivity contribution is -0.120. The van der Waals surface area contributed by atoms with Gasteiger partial charge in [0.2, 0.25) is 0 Å². The van der Waals surface area contributed by atoms with Crippen LogP contribution in [0.5, 0.6) is 0 Å². The Bertz CT molecular complexity index is 315. The van der Waals surface area contributed by atoms with Crippen molar-refractivity contribution in [1.29, 1.82) is 0 Å². The Morgan fingerprint density at radius 3 is 2.35 bits per heavy atom. The van der Waals surface area contributed by atoms with E-state index in [2.05, 4.69) is 40.4 Å². The van der Waals surface area contributed by atoms with Gasteiger partial charge >= 0.3 is 0 Å². The van der Waals surface area contributed by atoms with Crippen molar-refractivity contribution >= 4 is 14.1 Å². The first-order valence-corrected chi connectivity index (χ1v) is 9.34. The molecule has 17 heavy (non-hydrogen) atoms. The van der Waals surface area contributed by atoms with Gasteiger partial charge in [0.25, 0.3) is 0 Å². The molecule has 3 heteroatoms. The summed E-state index contributed by atoms with van der Waals surface area (Å²) in [4.78, 5) is 11.8. The van der Waals surface area contributed by atoms with Crippen LogP contribution >= 0.6 is 0 Å². The molecular weight excluding hydrogens is 228 g/mol. The summed E-state index contributed by atoms with van der Waals surface area (Å²) < 4.78 is 6.35. The first kappa shape index (κ1) is 14.6. The summed E-state index contributed by atoms with van der Waals surface area (Å²) >= 11 is 0. The molecule has 2 nitrogen and oxygen atoms in total.